The molecule has 0 fully saturated rings. The van der Waals surface area contributed by atoms with E-state index in [-0.39, 0.29) is 0 Å². The molecule has 0 bridgehead atoms. The van der Waals surface area contributed by atoms with Gasteiger partial charge in [-0.3, -0.25) is 0 Å². The summed E-state index contributed by atoms with van der Waals surface area (Å²) in [5.41, 5.74) is 0.368. The van der Waals surface area contributed by atoms with Crippen molar-refractivity contribution in [2.24, 2.45) is 5.41 Å². The summed E-state index contributed by atoms with van der Waals surface area (Å²) in [6, 6.07) is 0. The van der Waals surface area contributed by atoms with E-state index in [4.69, 9.17) is 4.43 Å². The van der Waals surface area contributed by atoms with Crippen molar-refractivity contribution < 1.29 is 4.43 Å². The largest absolute Gasteiger partial charge is 0.423 e. The van der Waals surface area contributed by atoms with Gasteiger partial charge in [0.05, 0.1) is 0 Å². The fourth-order valence-corrected chi connectivity index (χ4v) is 2.39. The van der Waals surface area contributed by atoms with Crippen LogP contribution in [0, 0.1) is 12.3 Å². The summed E-state index contributed by atoms with van der Waals surface area (Å²) in [4.78, 5) is 0. The fraction of sp³-hybridized carbons (Fsp3) is 0.923. The molecule has 0 aromatic carbocycles. The Labute approximate surface area is 98.9 Å². The van der Waals surface area contributed by atoms with Gasteiger partial charge in [0, 0.05) is 6.61 Å². The van der Waals surface area contributed by atoms with E-state index in [1.54, 1.807) is 0 Å². The second-order valence-electron chi connectivity index (χ2n) is 6.10. The lowest BCUT2D eigenvalue weighted by molar-refractivity contribution is 0.242. The van der Waals surface area contributed by atoms with Crippen molar-refractivity contribution in [3.8, 4) is 0 Å². The number of hydrogen-bond acceptors (Lipinski definition) is 1. The van der Waals surface area contributed by atoms with Gasteiger partial charge in [0.2, 0.25) is 0 Å². The standard InChI is InChI=1S/C13H29OSi/c1-7-8-9-10-11-14-15-13(5,6)12(2,3)4/h1,7-11,15H2,2-6H3. The van der Waals surface area contributed by atoms with Gasteiger partial charge in [-0.2, -0.15) is 0 Å². The summed E-state index contributed by atoms with van der Waals surface area (Å²) >= 11 is 0. The Kier molecular flexibility index (Phi) is 6.77. The Hall–Kier alpha value is 0.177. The maximum absolute atomic E-state index is 5.89. The van der Waals surface area contributed by atoms with E-state index in [2.05, 4.69) is 41.5 Å². The smallest absolute Gasteiger partial charge is 0.167 e. The van der Waals surface area contributed by atoms with Gasteiger partial charge >= 0.3 is 0 Å². The minimum atomic E-state index is -0.415. The third kappa shape index (κ3) is 6.36. The Balaban J connectivity index is 3.58. The lowest BCUT2D eigenvalue weighted by Crippen LogP contribution is -2.30. The van der Waals surface area contributed by atoms with Gasteiger partial charge in [-0.25, -0.2) is 0 Å². The van der Waals surface area contributed by atoms with Crippen LogP contribution in [0.2, 0.25) is 5.04 Å². The molecule has 0 unspecified atom stereocenters. The molecule has 0 aliphatic heterocycles. The third-order valence-electron chi connectivity index (χ3n) is 3.53. The van der Waals surface area contributed by atoms with Crippen LogP contribution in [0.4, 0.5) is 0 Å². The van der Waals surface area contributed by atoms with Crippen LogP contribution in [0.25, 0.3) is 0 Å². The van der Waals surface area contributed by atoms with E-state index >= 15 is 0 Å². The van der Waals surface area contributed by atoms with Crippen LogP contribution in [0.1, 0.15) is 60.3 Å². The van der Waals surface area contributed by atoms with Gasteiger partial charge in [0.15, 0.2) is 9.76 Å². The predicted molar refractivity (Wildman–Crippen MR) is 71.8 cm³/mol. The van der Waals surface area contributed by atoms with Crippen LogP contribution < -0.4 is 0 Å². The van der Waals surface area contributed by atoms with Gasteiger partial charge in [-0.15, -0.1) is 0 Å². The van der Waals surface area contributed by atoms with Crippen molar-refractivity contribution in [2.45, 2.75) is 65.3 Å². The Morgan fingerprint density at radius 2 is 1.60 bits per heavy atom. The second-order valence-corrected chi connectivity index (χ2v) is 8.57. The first-order valence-electron chi connectivity index (χ1n) is 6.18. The molecule has 0 amide bonds. The summed E-state index contributed by atoms with van der Waals surface area (Å²) < 4.78 is 5.89. The van der Waals surface area contributed by atoms with Crippen LogP contribution >= 0.6 is 0 Å². The minimum absolute atomic E-state index is 0.368. The molecule has 0 N–H and O–H groups in total. The molecular formula is C13H29OSi. The van der Waals surface area contributed by atoms with E-state index < -0.39 is 9.76 Å². The second kappa shape index (κ2) is 6.69. The molecule has 0 spiro atoms. The van der Waals surface area contributed by atoms with Crippen molar-refractivity contribution in [3.05, 3.63) is 6.92 Å². The number of rotatable bonds is 7. The molecular weight excluding hydrogens is 200 g/mol. The highest BCUT2D eigenvalue weighted by molar-refractivity contribution is 6.32. The average molecular weight is 229 g/mol. The van der Waals surface area contributed by atoms with Crippen LogP contribution in [0.5, 0.6) is 0 Å². The van der Waals surface area contributed by atoms with Crippen LogP contribution in [0.15, 0.2) is 0 Å². The Bertz CT molecular complexity index is 158. The Morgan fingerprint density at radius 1 is 1.00 bits per heavy atom. The topological polar surface area (TPSA) is 9.23 Å². The molecule has 91 valence electrons. The highest BCUT2D eigenvalue weighted by Gasteiger charge is 2.33. The predicted octanol–water partition coefficient (Wildman–Crippen LogP) is 3.73. The lowest BCUT2D eigenvalue weighted by Gasteiger charge is -2.38. The molecule has 0 aliphatic rings. The molecule has 0 aromatic rings. The molecule has 0 aromatic heterocycles. The lowest BCUT2D eigenvalue weighted by atomic mass is 9.82. The molecule has 0 saturated carbocycles. The molecule has 0 atom stereocenters. The first-order chi connectivity index (χ1) is 6.81. The summed E-state index contributed by atoms with van der Waals surface area (Å²) in [5, 5.41) is 0.388. The normalized spacial score (nSPS) is 14.0. The summed E-state index contributed by atoms with van der Waals surface area (Å²) in [6.07, 6.45) is 4.79. The molecule has 1 radical (unpaired) electrons. The van der Waals surface area contributed by atoms with Gasteiger partial charge in [-0.05, 0) is 16.9 Å². The Morgan fingerprint density at radius 3 is 2.07 bits per heavy atom. The van der Waals surface area contributed by atoms with E-state index in [1.807, 2.05) is 0 Å². The molecule has 2 heteroatoms. The zero-order valence-corrected chi connectivity index (χ0v) is 12.8. The minimum Gasteiger partial charge on any atom is -0.423 e. The zero-order valence-electron chi connectivity index (χ0n) is 11.4. The van der Waals surface area contributed by atoms with Crippen LogP contribution in [0.3, 0.4) is 0 Å². The molecule has 0 heterocycles. The maximum Gasteiger partial charge on any atom is 0.167 e. The first-order valence-corrected chi connectivity index (χ1v) is 7.47. The molecule has 15 heavy (non-hydrogen) atoms. The average Bonchev–Trinajstić information content (AvgIpc) is 2.09. The van der Waals surface area contributed by atoms with E-state index in [9.17, 15) is 0 Å². The number of hydrogen-bond donors (Lipinski definition) is 0. The summed E-state index contributed by atoms with van der Waals surface area (Å²) in [7, 11) is -0.415. The van der Waals surface area contributed by atoms with Crippen molar-refractivity contribution in [3.63, 3.8) is 0 Å². The monoisotopic (exact) mass is 229 g/mol. The SMILES string of the molecule is [CH2]CCCCCO[SiH2]C(C)(C)C(C)(C)C. The van der Waals surface area contributed by atoms with Gasteiger partial charge in [0.25, 0.3) is 0 Å². The zero-order chi connectivity index (χ0) is 11.9. The number of unbranched alkanes of at least 4 members (excludes halogenated alkanes) is 3. The summed E-state index contributed by atoms with van der Waals surface area (Å²) in [6.45, 7) is 16.4. The highest BCUT2D eigenvalue weighted by atomic mass is 28.2. The first kappa shape index (κ1) is 15.2. The fourth-order valence-electron chi connectivity index (χ4n) is 1.10. The molecule has 0 saturated heterocycles. The molecule has 1 nitrogen and oxygen atoms in total. The molecule has 0 aliphatic carbocycles. The maximum atomic E-state index is 5.89. The van der Waals surface area contributed by atoms with Crippen LogP contribution in [-0.4, -0.2) is 16.4 Å². The van der Waals surface area contributed by atoms with E-state index in [0.717, 1.165) is 13.0 Å². The summed E-state index contributed by atoms with van der Waals surface area (Å²) in [5.74, 6) is 0. The van der Waals surface area contributed by atoms with Crippen molar-refractivity contribution in [1.82, 2.24) is 0 Å². The van der Waals surface area contributed by atoms with Gasteiger partial charge < -0.3 is 4.43 Å². The molecule has 0 rings (SSSR count). The van der Waals surface area contributed by atoms with Crippen molar-refractivity contribution in [2.75, 3.05) is 6.61 Å². The quantitative estimate of drug-likeness (QED) is 0.477. The van der Waals surface area contributed by atoms with E-state index in [0.29, 0.717) is 10.5 Å². The highest BCUT2D eigenvalue weighted by Crippen LogP contribution is 2.43. The third-order valence-corrected chi connectivity index (χ3v) is 5.81. The van der Waals surface area contributed by atoms with Gasteiger partial charge in [0.1, 0.15) is 0 Å². The van der Waals surface area contributed by atoms with Crippen molar-refractivity contribution in [1.29, 1.82) is 0 Å². The van der Waals surface area contributed by atoms with Crippen LogP contribution in [-0.2, 0) is 4.43 Å². The van der Waals surface area contributed by atoms with Gasteiger partial charge in [-0.1, -0.05) is 60.8 Å². The van der Waals surface area contributed by atoms with E-state index in [1.165, 1.54) is 19.3 Å². The van der Waals surface area contributed by atoms with Crippen molar-refractivity contribution >= 4 is 9.76 Å².